The van der Waals surface area contributed by atoms with Gasteiger partial charge in [0.2, 0.25) is 0 Å². The molecule has 0 unspecified atom stereocenters. The van der Waals surface area contributed by atoms with Crippen molar-refractivity contribution in [1.82, 2.24) is 0 Å². The fourth-order valence-electron chi connectivity index (χ4n) is 0. The van der Waals surface area contributed by atoms with Crippen molar-refractivity contribution in [2.24, 2.45) is 17.2 Å². The van der Waals surface area contributed by atoms with Crippen LogP contribution in [0.3, 0.4) is 0 Å². The average molecular weight is 151 g/mol. The summed E-state index contributed by atoms with van der Waals surface area (Å²) in [5, 5.41) is 0. The van der Waals surface area contributed by atoms with E-state index in [9.17, 15) is 0 Å². The predicted molar refractivity (Wildman–Crippen MR) is 32.0 cm³/mol. The first-order chi connectivity index (χ1) is 2.00. The van der Waals surface area contributed by atoms with Crippen LogP contribution in [-0.4, -0.2) is 23.4 Å². The standard InChI is InChI=1S/C2H8N3.GeH4/c1-2(3,4)5;/h1,3-5H2;1H4. The summed E-state index contributed by atoms with van der Waals surface area (Å²) in [6.07, 6.45) is 0. The van der Waals surface area contributed by atoms with Crippen molar-refractivity contribution in [3.05, 3.63) is 6.92 Å². The van der Waals surface area contributed by atoms with Crippen LogP contribution in [0.5, 0.6) is 0 Å². The van der Waals surface area contributed by atoms with Crippen LogP contribution in [-0.2, 0) is 0 Å². The van der Waals surface area contributed by atoms with E-state index >= 15 is 0 Å². The summed E-state index contributed by atoms with van der Waals surface area (Å²) in [7, 11) is 0. The fraction of sp³-hybridized carbons (Fsp3) is 0.500. The van der Waals surface area contributed by atoms with Gasteiger partial charge in [0.05, 0.1) is 0 Å². The molecule has 0 atom stereocenters. The molecule has 0 aliphatic rings. The van der Waals surface area contributed by atoms with E-state index in [0.29, 0.717) is 0 Å². The molecule has 0 aromatic heterocycles. The van der Waals surface area contributed by atoms with Gasteiger partial charge in [-0.3, -0.25) is 0 Å². The first-order valence-corrected chi connectivity index (χ1v) is 1.22. The molecule has 1 radical (unpaired) electrons. The molecular weight excluding hydrogens is 139 g/mol. The molecule has 0 aliphatic heterocycles. The fourth-order valence-corrected chi connectivity index (χ4v) is 0. The van der Waals surface area contributed by atoms with Crippen molar-refractivity contribution in [2.75, 3.05) is 0 Å². The second kappa shape index (κ2) is 2.57. The van der Waals surface area contributed by atoms with Crippen molar-refractivity contribution >= 4 is 17.6 Å². The molecule has 0 aromatic rings. The molecule has 4 heteroatoms. The Morgan fingerprint density at radius 2 is 1.17 bits per heavy atom. The summed E-state index contributed by atoms with van der Waals surface area (Å²) >= 11 is 0. The van der Waals surface area contributed by atoms with Crippen LogP contribution in [0, 0.1) is 6.92 Å². The Balaban J connectivity index is 0. The zero-order chi connectivity index (χ0) is 4.50. The minimum absolute atomic E-state index is 0. The van der Waals surface area contributed by atoms with Crippen LogP contribution < -0.4 is 17.2 Å². The zero-order valence-electron chi connectivity index (χ0n) is 2.94. The van der Waals surface area contributed by atoms with Crippen LogP contribution in [0.25, 0.3) is 0 Å². The van der Waals surface area contributed by atoms with Gasteiger partial charge >= 0.3 is 17.6 Å². The van der Waals surface area contributed by atoms with Crippen LogP contribution >= 0.6 is 0 Å². The van der Waals surface area contributed by atoms with Crippen molar-refractivity contribution in [1.29, 1.82) is 0 Å². The van der Waals surface area contributed by atoms with E-state index in [1.54, 1.807) is 0 Å². The Hall–Kier alpha value is 0.423. The quantitative estimate of drug-likeness (QED) is 0.253. The van der Waals surface area contributed by atoms with Gasteiger partial charge < -0.3 is 17.2 Å². The number of hydrogen-bond acceptors (Lipinski definition) is 3. The number of rotatable bonds is 0. The molecule has 0 fully saturated rings. The molecular formula is C2H12GeN3. The SMILES string of the molecule is [CH2]C(N)(N)N.[GeH4]. The Morgan fingerprint density at radius 1 is 1.17 bits per heavy atom. The molecule has 0 saturated carbocycles. The summed E-state index contributed by atoms with van der Waals surface area (Å²) in [4.78, 5) is 0. The van der Waals surface area contributed by atoms with E-state index in [2.05, 4.69) is 6.92 Å². The van der Waals surface area contributed by atoms with Gasteiger partial charge in [0.1, 0.15) is 5.79 Å². The first kappa shape index (κ1) is 9.66. The van der Waals surface area contributed by atoms with Gasteiger partial charge in [0.15, 0.2) is 0 Å². The molecule has 0 bridgehead atoms. The maximum atomic E-state index is 4.80. The second-order valence-corrected chi connectivity index (χ2v) is 1.11. The van der Waals surface area contributed by atoms with Crippen molar-refractivity contribution in [3.63, 3.8) is 0 Å². The molecule has 0 amide bonds. The molecule has 0 aliphatic carbocycles. The third kappa shape index (κ3) is 290. The molecule has 0 spiro atoms. The van der Waals surface area contributed by atoms with Crippen LogP contribution in [0.1, 0.15) is 0 Å². The van der Waals surface area contributed by atoms with Gasteiger partial charge in [-0.05, 0) is 6.92 Å². The van der Waals surface area contributed by atoms with E-state index in [-0.39, 0.29) is 17.6 Å². The average Bonchev–Trinajstić information content (AvgIpc) is 0.722. The van der Waals surface area contributed by atoms with Gasteiger partial charge in [-0.1, -0.05) is 0 Å². The zero-order valence-corrected chi connectivity index (χ0v) is 2.94. The topological polar surface area (TPSA) is 78.1 Å². The monoisotopic (exact) mass is 152 g/mol. The van der Waals surface area contributed by atoms with Crippen molar-refractivity contribution in [2.45, 2.75) is 5.79 Å². The summed E-state index contributed by atoms with van der Waals surface area (Å²) in [6, 6.07) is 0. The van der Waals surface area contributed by atoms with E-state index < -0.39 is 5.79 Å². The molecule has 0 aromatic carbocycles. The van der Waals surface area contributed by atoms with Crippen molar-refractivity contribution in [3.8, 4) is 0 Å². The van der Waals surface area contributed by atoms with Gasteiger partial charge in [0.25, 0.3) is 0 Å². The Kier molecular flexibility index (Phi) is 4.14. The van der Waals surface area contributed by atoms with E-state index in [1.807, 2.05) is 0 Å². The maximum absolute atomic E-state index is 4.80. The number of nitrogens with two attached hydrogens (primary N) is 3. The van der Waals surface area contributed by atoms with Gasteiger partial charge in [-0.2, -0.15) is 0 Å². The van der Waals surface area contributed by atoms with Crippen LogP contribution in [0.2, 0.25) is 0 Å². The molecule has 39 valence electrons. The van der Waals surface area contributed by atoms with E-state index in [1.165, 1.54) is 0 Å². The second-order valence-electron chi connectivity index (χ2n) is 1.11. The van der Waals surface area contributed by atoms with E-state index in [0.717, 1.165) is 0 Å². The number of hydrogen-bond donors (Lipinski definition) is 3. The third-order valence-corrected chi connectivity index (χ3v) is 0. The van der Waals surface area contributed by atoms with Crippen LogP contribution in [0.15, 0.2) is 0 Å². The van der Waals surface area contributed by atoms with Gasteiger partial charge in [-0.25, -0.2) is 0 Å². The normalized spacial score (nSPS) is 10.0. The van der Waals surface area contributed by atoms with Gasteiger partial charge in [-0.15, -0.1) is 0 Å². The summed E-state index contributed by atoms with van der Waals surface area (Å²) < 4.78 is 0. The third-order valence-electron chi connectivity index (χ3n) is 0. The Labute approximate surface area is 48.2 Å². The first-order valence-electron chi connectivity index (χ1n) is 1.22. The van der Waals surface area contributed by atoms with Gasteiger partial charge in [0, 0.05) is 0 Å². The molecule has 0 heterocycles. The summed E-state index contributed by atoms with van der Waals surface area (Å²) in [5.74, 6) is -1.25. The van der Waals surface area contributed by atoms with E-state index in [4.69, 9.17) is 17.2 Å². The molecule has 0 rings (SSSR count). The molecule has 6 heavy (non-hydrogen) atoms. The van der Waals surface area contributed by atoms with Crippen molar-refractivity contribution < 1.29 is 0 Å². The molecule has 6 N–H and O–H groups in total. The summed E-state index contributed by atoms with van der Waals surface area (Å²) in [6.45, 7) is 3.10. The summed E-state index contributed by atoms with van der Waals surface area (Å²) in [5.41, 5.74) is 14.4. The molecule has 0 saturated heterocycles. The minimum atomic E-state index is -1.25. The Morgan fingerprint density at radius 3 is 1.17 bits per heavy atom. The Bertz CT molecular complexity index is 24.3. The predicted octanol–water partition coefficient (Wildman–Crippen LogP) is -3.10. The van der Waals surface area contributed by atoms with Crippen LogP contribution in [0.4, 0.5) is 0 Å². The molecule has 3 nitrogen and oxygen atoms in total.